The Morgan fingerprint density at radius 2 is 1.96 bits per heavy atom. The van der Waals surface area contributed by atoms with E-state index < -0.39 is 17.0 Å². The number of methoxy groups -OCH3 is 1. The molecule has 0 amide bonds. The Kier molecular flexibility index (Phi) is 4.94. The van der Waals surface area contributed by atoms with Gasteiger partial charge in [0.25, 0.3) is 5.91 Å². The molecule has 0 saturated carbocycles. The number of ether oxygens (including phenoxy) is 1. The first kappa shape index (κ1) is 19.3. The number of anilines is 2. The van der Waals surface area contributed by atoms with Gasteiger partial charge in [0, 0.05) is 22.6 Å². The lowest BCUT2D eigenvalue weighted by atomic mass is 9.96. The second kappa shape index (κ2) is 6.92. The number of aromatic nitrogens is 2. The van der Waals surface area contributed by atoms with Crippen molar-refractivity contribution in [1.82, 2.24) is 9.78 Å². The maximum absolute atomic E-state index is 15.0. The van der Waals surface area contributed by atoms with Crippen LogP contribution in [-0.4, -0.2) is 22.8 Å². The highest BCUT2D eigenvalue weighted by Crippen LogP contribution is 2.36. The second-order valence-electron chi connectivity index (χ2n) is 7.08. The van der Waals surface area contributed by atoms with E-state index in [0.29, 0.717) is 16.8 Å². The molecule has 0 aliphatic heterocycles. The molecule has 0 spiro atoms. The summed E-state index contributed by atoms with van der Waals surface area (Å²) in [4.78, 5) is 12.5. The van der Waals surface area contributed by atoms with E-state index in [1.165, 1.54) is 31.5 Å². The van der Waals surface area contributed by atoms with Gasteiger partial charge in [0.2, 0.25) is 0 Å². The molecule has 8 heteroatoms. The summed E-state index contributed by atoms with van der Waals surface area (Å²) in [7, 11) is 1.37. The van der Waals surface area contributed by atoms with Gasteiger partial charge in [-0.3, -0.25) is 4.79 Å². The molecule has 1 aromatic heterocycles. The molecule has 5 nitrogen and oxygen atoms in total. The van der Waals surface area contributed by atoms with Gasteiger partial charge in [0.05, 0.1) is 23.5 Å². The van der Waals surface area contributed by atoms with Crippen molar-refractivity contribution < 1.29 is 18.3 Å². The SMILES string of the molecule is COc1cc(Nc2cc3cnn(C(=O)C(C)(C)C)c3c(F)c2Br)ccc1F. The minimum absolute atomic E-state index is 0.0706. The van der Waals surface area contributed by atoms with Crippen molar-refractivity contribution in [2.75, 3.05) is 12.4 Å². The van der Waals surface area contributed by atoms with Gasteiger partial charge in [-0.2, -0.15) is 9.78 Å². The van der Waals surface area contributed by atoms with Crippen molar-refractivity contribution in [1.29, 1.82) is 0 Å². The minimum Gasteiger partial charge on any atom is -0.494 e. The molecule has 0 saturated heterocycles. The summed E-state index contributed by atoms with van der Waals surface area (Å²) >= 11 is 3.23. The summed E-state index contributed by atoms with van der Waals surface area (Å²) in [6.07, 6.45) is 1.44. The van der Waals surface area contributed by atoms with Crippen LogP contribution in [0.15, 0.2) is 34.9 Å². The Balaban J connectivity index is 2.07. The van der Waals surface area contributed by atoms with Crippen LogP contribution in [0.25, 0.3) is 10.9 Å². The summed E-state index contributed by atoms with van der Waals surface area (Å²) in [6.45, 7) is 5.23. The standard InChI is InChI=1S/C19H18BrF2N3O2/c1-19(2,3)18(26)25-17-10(9-23-25)7-13(15(20)16(17)22)24-11-5-6-12(21)14(8-11)27-4/h5-9,24H,1-4H3. The zero-order chi connectivity index (χ0) is 19.9. The summed E-state index contributed by atoms with van der Waals surface area (Å²) in [5, 5.41) is 7.54. The zero-order valence-corrected chi connectivity index (χ0v) is 16.8. The van der Waals surface area contributed by atoms with Crippen molar-refractivity contribution >= 4 is 44.1 Å². The van der Waals surface area contributed by atoms with E-state index in [4.69, 9.17) is 4.74 Å². The Morgan fingerprint density at radius 3 is 2.59 bits per heavy atom. The number of carbonyl (C=O) groups is 1. The quantitative estimate of drug-likeness (QED) is 0.586. The number of halogens is 3. The first-order valence-corrected chi connectivity index (χ1v) is 8.94. The predicted octanol–water partition coefficient (Wildman–Crippen LogP) is 5.52. The molecule has 0 bridgehead atoms. The van der Waals surface area contributed by atoms with Gasteiger partial charge in [-0.05, 0) is 34.1 Å². The maximum Gasteiger partial charge on any atom is 0.252 e. The van der Waals surface area contributed by atoms with Gasteiger partial charge < -0.3 is 10.1 Å². The lowest BCUT2D eigenvalue weighted by Crippen LogP contribution is -2.27. The first-order valence-electron chi connectivity index (χ1n) is 8.14. The number of benzene rings is 2. The van der Waals surface area contributed by atoms with E-state index in [-0.39, 0.29) is 21.6 Å². The Labute approximate surface area is 163 Å². The number of nitrogens with one attached hydrogen (secondary N) is 1. The van der Waals surface area contributed by atoms with Crippen molar-refractivity contribution in [3.8, 4) is 5.75 Å². The number of rotatable bonds is 3. The van der Waals surface area contributed by atoms with Gasteiger partial charge in [0.15, 0.2) is 17.4 Å². The van der Waals surface area contributed by atoms with Crippen LogP contribution in [0.4, 0.5) is 20.2 Å². The molecule has 142 valence electrons. The van der Waals surface area contributed by atoms with Gasteiger partial charge >= 0.3 is 0 Å². The summed E-state index contributed by atoms with van der Waals surface area (Å²) in [5.41, 5.74) is 0.325. The molecular weight excluding hydrogens is 420 g/mol. The lowest BCUT2D eigenvalue weighted by Gasteiger charge is -2.17. The molecule has 1 N–H and O–H groups in total. The molecule has 0 fully saturated rings. The topological polar surface area (TPSA) is 56.1 Å². The molecule has 0 aliphatic rings. The molecule has 0 aliphatic carbocycles. The van der Waals surface area contributed by atoms with Crippen LogP contribution in [0.3, 0.4) is 0 Å². The zero-order valence-electron chi connectivity index (χ0n) is 15.2. The Morgan fingerprint density at radius 1 is 1.26 bits per heavy atom. The molecule has 3 aromatic rings. The predicted molar refractivity (Wildman–Crippen MR) is 104 cm³/mol. The monoisotopic (exact) mass is 437 g/mol. The number of carbonyl (C=O) groups excluding carboxylic acids is 1. The number of hydrogen-bond acceptors (Lipinski definition) is 4. The van der Waals surface area contributed by atoms with Crippen molar-refractivity contribution in [3.63, 3.8) is 0 Å². The fourth-order valence-corrected chi connectivity index (χ4v) is 2.98. The molecule has 0 unspecified atom stereocenters. The largest absolute Gasteiger partial charge is 0.494 e. The number of hydrogen-bond donors (Lipinski definition) is 1. The highest BCUT2D eigenvalue weighted by molar-refractivity contribution is 9.10. The third-order valence-corrected chi connectivity index (χ3v) is 4.77. The van der Waals surface area contributed by atoms with E-state index in [9.17, 15) is 9.18 Å². The first-order chi connectivity index (χ1) is 12.6. The Bertz CT molecular complexity index is 1040. The van der Waals surface area contributed by atoms with E-state index >= 15 is 4.39 Å². The second-order valence-corrected chi connectivity index (χ2v) is 7.87. The van der Waals surface area contributed by atoms with Crippen LogP contribution in [0.1, 0.15) is 25.6 Å². The average Bonchev–Trinajstić information content (AvgIpc) is 3.03. The van der Waals surface area contributed by atoms with Crippen LogP contribution in [0.2, 0.25) is 0 Å². The van der Waals surface area contributed by atoms with Crippen LogP contribution in [0.5, 0.6) is 5.75 Å². The van der Waals surface area contributed by atoms with Gasteiger partial charge in [-0.1, -0.05) is 20.8 Å². The molecule has 0 atom stereocenters. The minimum atomic E-state index is -0.709. The van der Waals surface area contributed by atoms with E-state index in [0.717, 1.165) is 4.68 Å². The number of nitrogens with zero attached hydrogens (tertiary/aromatic N) is 2. The maximum atomic E-state index is 15.0. The highest BCUT2D eigenvalue weighted by atomic mass is 79.9. The normalized spacial score (nSPS) is 11.7. The summed E-state index contributed by atoms with van der Waals surface area (Å²) in [6, 6.07) is 5.90. The van der Waals surface area contributed by atoms with Crippen molar-refractivity contribution in [3.05, 3.63) is 46.6 Å². The third kappa shape index (κ3) is 3.53. The van der Waals surface area contributed by atoms with Gasteiger partial charge in [-0.15, -0.1) is 0 Å². The number of fused-ring (bicyclic) bond motifs is 1. The summed E-state index contributed by atoms with van der Waals surface area (Å²) in [5.74, 6) is -1.35. The van der Waals surface area contributed by atoms with Crippen LogP contribution >= 0.6 is 15.9 Å². The smallest absolute Gasteiger partial charge is 0.252 e. The molecular formula is C19H18BrF2N3O2. The Hall–Kier alpha value is -2.48. The molecule has 1 heterocycles. The van der Waals surface area contributed by atoms with E-state index in [1.807, 2.05) is 0 Å². The van der Waals surface area contributed by atoms with Crippen molar-refractivity contribution in [2.45, 2.75) is 20.8 Å². The average molecular weight is 438 g/mol. The lowest BCUT2D eigenvalue weighted by molar-refractivity contribution is 0.0754. The molecule has 2 aromatic carbocycles. The van der Waals surface area contributed by atoms with Crippen LogP contribution in [-0.2, 0) is 0 Å². The van der Waals surface area contributed by atoms with E-state index in [1.54, 1.807) is 26.8 Å². The molecule has 0 radical (unpaired) electrons. The molecule has 3 rings (SSSR count). The van der Waals surface area contributed by atoms with E-state index in [2.05, 4.69) is 26.3 Å². The summed E-state index contributed by atoms with van der Waals surface area (Å²) < 4.78 is 34.8. The van der Waals surface area contributed by atoms with Gasteiger partial charge in [-0.25, -0.2) is 8.78 Å². The third-order valence-electron chi connectivity index (χ3n) is 4.00. The van der Waals surface area contributed by atoms with Crippen molar-refractivity contribution in [2.24, 2.45) is 5.41 Å². The van der Waals surface area contributed by atoms with Crippen LogP contribution in [0, 0.1) is 17.0 Å². The van der Waals surface area contributed by atoms with Gasteiger partial charge in [0.1, 0.15) is 5.52 Å². The molecule has 27 heavy (non-hydrogen) atoms. The fourth-order valence-electron chi connectivity index (χ4n) is 2.58. The fraction of sp³-hybridized carbons (Fsp3) is 0.263. The van der Waals surface area contributed by atoms with Crippen LogP contribution < -0.4 is 10.1 Å². The highest BCUT2D eigenvalue weighted by Gasteiger charge is 2.27.